The number of hydrogen-bond donors (Lipinski definition) is 1. The Balaban J connectivity index is 0.00000225. The van der Waals surface area contributed by atoms with Crippen LogP contribution in [0.25, 0.3) is 5.57 Å². The summed E-state index contributed by atoms with van der Waals surface area (Å²) < 4.78 is 6.47. The third kappa shape index (κ3) is 3.94. The van der Waals surface area contributed by atoms with Gasteiger partial charge in [0.2, 0.25) is 0 Å². The average Bonchev–Trinajstić information content (AvgIpc) is 2.65. The summed E-state index contributed by atoms with van der Waals surface area (Å²) in [6, 6.07) is 14.8. The maximum atomic E-state index is 11.0. The quantitative estimate of drug-likeness (QED) is 0.827. The van der Waals surface area contributed by atoms with Crippen LogP contribution in [-0.2, 0) is 4.79 Å². The number of carboxylic acids is 1. The van der Waals surface area contributed by atoms with Crippen LogP contribution in [0.2, 0.25) is 0 Å². The Hall–Kier alpha value is -2.30. The van der Waals surface area contributed by atoms with Crippen molar-refractivity contribution < 1.29 is 14.6 Å². The highest BCUT2D eigenvalue weighted by Gasteiger charge is 2.39. The first-order valence-corrected chi connectivity index (χ1v) is 9.49. The number of aliphatic carboxylic acids is 1. The highest BCUT2D eigenvalue weighted by Crippen LogP contribution is 2.43. The fourth-order valence-electron chi connectivity index (χ4n) is 4.04. The molecule has 2 aromatic carbocycles. The highest BCUT2D eigenvalue weighted by molar-refractivity contribution is 5.85. The molecule has 0 amide bonds. The van der Waals surface area contributed by atoms with Crippen LogP contribution in [-0.4, -0.2) is 41.2 Å². The van der Waals surface area contributed by atoms with E-state index < -0.39 is 5.97 Å². The van der Waals surface area contributed by atoms with Crippen molar-refractivity contribution in [2.45, 2.75) is 32.3 Å². The molecule has 0 radical (unpaired) electrons. The number of likely N-dealkylation sites (tertiary alicyclic amines) is 1. The van der Waals surface area contributed by atoms with Gasteiger partial charge in [-0.3, -0.25) is 9.69 Å². The molecule has 28 heavy (non-hydrogen) atoms. The minimum absolute atomic E-state index is 0. The molecule has 4 nitrogen and oxygen atoms in total. The number of rotatable bonds is 3. The topological polar surface area (TPSA) is 49.8 Å². The smallest absolute Gasteiger partial charge is 0.317 e. The third-order valence-electron chi connectivity index (χ3n) is 5.78. The van der Waals surface area contributed by atoms with Crippen LogP contribution in [0.4, 0.5) is 0 Å². The number of hydrogen-bond acceptors (Lipinski definition) is 3. The second-order valence-corrected chi connectivity index (χ2v) is 7.69. The molecule has 1 N–H and O–H groups in total. The molecule has 0 bridgehead atoms. The average molecular weight is 400 g/mol. The number of aryl methyl sites for hydroxylation is 2. The predicted molar refractivity (Wildman–Crippen MR) is 113 cm³/mol. The van der Waals surface area contributed by atoms with Crippen molar-refractivity contribution in [3.8, 4) is 5.75 Å². The second-order valence-electron chi connectivity index (χ2n) is 7.69. The van der Waals surface area contributed by atoms with Gasteiger partial charge in [0.1, 0.15) is 11.4 Å². The van der Waals surface area contributed by atoms with E-state index >= 15 is 0 Å². The van der Waals surface area contributed by atoms with Gasteiger partial charge in [0.25, 0.3) is 0 Å². The molecule has 1 fully saturated rings. The highest BCUT2D eigenvalue weighted by atomic mass is 35.5. The first kappa shape index (κ1) is 20.4. The van der Waals surface area contributed by atoms with Gasteiger partial charge in [-0.1, -0.05) is 36.4 Å². The lowest BCUT2D eigenvalue weighted by Gasteiger charge is -2.42. The standard InChI is InChI=1S/C23H25NO3.ClH/c1-16-7-8-18(13-17(16)2)20-14-23(27-21-6-4-3-5-19(20)21)9-11-24(12-10-23)15-22(25)26;/h3-8,13-14H,9-12,15H2,1-2H3,(H,25,26);1H. The number of benzene rings is 2. The zero-order valence-corrected chi connectivity index (χ0v) is 17.1. The SMILES string of the molecule is Cc1ccc(C2=CC3(CCN(CC(=O)O)CC3)Oc3ccccc32)cc1C.Cl. The molecule has 2 aromatic rings. The number of carboxylic acid groups (broad SMARTS) is 1. The lowest BCUT2D eigenvalue weighted by molar-refractivity contribution is -0.139. The molecule has 2 aliphatic rings. The van der Waals surface area contributed by atoms with Crippen LogP contribution in [0.1, 0.15) is 35.1 Å². The zero-order chi connectivity index (χ0) is 19.0. The van der Waals surface area contributed by atoms with E-state index in [1.54, 1.807) is 0 Å². The first-order chi connectivity index (χ1) is 13.0. The van der Waals surface area contributed by atoms with Crippen molar-refractivity contribution in [3.63, 3.8) is 0 Å². The second kappa shape index (κ2) is 7.98. The Labute approximate surface area is 172 Å². The van der Waals surface area contributed by atoms with Crippen molar-refractivity contribution >= 4 is 23.9 Å². The molecule has 2 aliphatic heterocycles. The van der Waals surface area contributed by atoms with Gasteiger partial charge in [0, 0.05) is 31.5 Å². The van der Waals surface area contributed by atoms with Gasteiger partial charge in [-0.2, -0.15) is 0 Å². The van der Waals surface area contributed by atoms with Gasteiger partial charge in [-0.05, 0) is 48.3 Å². The molecule has 0 saturated carbocycles. The summed E-state index contributed by atoms with van der Waals surface area (Å²) in [7, 11) is 0. The molecule has 0 atom stereocenters. The van der Waals surface area contributed by atoms with Crippen molar-refractivity contribution in [3.05, 3.63) is 70.8 Å². The minimum Gasteiger partial charge on any atom is -0.482 e. The van der Waals surface area contributed by atoms with Crippen molar-refractivity contribution in [1.82, 2.24) is 4.90 Å². The Bertz CT molecular complexity index is 914. The van der Waals surface area contributed by atoms with Crippen LogP contribution in [0.5, 0.6) is 5.75 Å². The van der Waals surface area contributed by atoms with Gasteiger partial charge >= 0.3 is 5.97 Å². The number of piperidine rings is 1. The molecule has 5 heteroatoms. The van der Waals surface area contributed by atoms with Gasteiger partial charge in [0.05, 0.1) is 6.54 Å². The molecule has 1 spiro atoms. The van der Waals surface area contributed by atoms with Gasteiger partial charge in [-0.25, -0.2) is 0 Å². The molecule has 4 rings (SSSR count). The molecule has 1 saturated heterocycles. The van der Waals surface area contributed by atoms with Crippen molar-refractivity contribution in [1.29, 1.82) is 0 Å². The van der Waals surface area contributed by atoms with E-state index in [1.165, 1.54) is 22.3 Å². The third-order valence-corrected chi connectivity index (χ3v) is 5.78. The normalized spacial score (nSPS) is 17.9. The van der Waals surface area contributed by atoms with E-state index in [-0.39, 0.29) is 24.6 Å². The maximum absolute atomic E-state index is 11.0. The summed E-state index contributed by atoms with van der Waals surface area (Å²) in [4.78, 5) is 13.0. The van der Waals surface area contributed by atoms with E-state index in [4.69, 9.17) is 9.84 Å². The van der Waals surface area contributed by atoms with Crippen molar-refractivity contribution in [2.75, 3.05) is 19.6 Å². The first-order valence-electron chi connectivity index (χ1n) is 9.49. The van der Waals surface area contributed by atoms with Crippen LogP contribution in [0.3, 0.4) is 0 Å². The lowest BCUT2D eigenvalue weighted by Crippen LogP contribution is -2.49. The summed E-state index contributed by atoms with van der Waals surface area (Å²) in [6.07, 6.45) is 3.86. The molecule has 0 unspecified atom stereocenters. The van der Waals surface area contributed by atoms with E-state index in [0.717, 1.165) is 37.2 Å². The molecular weight excluding hydrogens is 374 g/mol. The molecule has 0 aliphatic carbocycles. The summed E-state index contributed by atoms with van der Waals surface area (Å²) in [5.41, 5.74) is 5.75. The zero-order valence-electron chi connectivity index (χ0n) is 16.3. The van der Waals surface area contributed by atoms with Crippen LogP contribution >= 0.6 is 12.4 Å². The summed E-state index contributed by atoms with van der Waals surface area (Å²) in [5.74, 6) is 0.145. The van der Waals surface area contributed by atoms with E-state index in [9.17, 15) is 4.79 Å². The largest absolute Gasteiger partial charge is 0.482 e. The van der Waals surface area contributed by atoms with Crippen molar-refractivity contribution in [2.24, 2.45) is 0 Å². The van der Waals surface area contributed by atoms with Gasteiger partial charge < -0.3 is 9.84 Å². The van der Waals surface area contributed by atoms with E-state index in [0.29, 0.717) is 0 Å². The van der Waals surface area contributed by atoms with Gasteiger partial charge in [-0.15, -0.1) is 12.4 Å². The lowest BCUT2D eigenvalue weighted by atomic mass is 9.82. The number of fused-ring (bicyclic) bond motifs is 1. The fourth-order valence-corrected chi connectivity index (χ4v) is 4.04. The number of ether oxygens (including phenoxy) is 1. The summed E-state index contributed by atoms with van der Waals surface area (Å²) >= 11 is 0. The Kier molecular flexibility index (Phi) is 5.82. The molecule has 148 valence electrons. The number of para-hydroxylation sites is 1. The Morgan fingerprint density at radius 2 is 1.82 bits per heavy atom. The maximum Gasteiger partial charge on any atom is 0.317 e. The fraction of sp³-hybridized carbons (Fsp3) is 0.348. The minimum atomic E-state index is -0.771. The number of nitrogens with zero attached hydrogens (tertiary/aromatic N) is 1. The molecular formula is C23H26ClNO3. The van der Waals surface area contributed by atoms with Crippen LogP contribution in [0.15, 0.2) is 48.5 Å². The Morgan fingerprint density at radius 1 is 1.11 bits per heavy atom. The van der Waals surface area contributed by atoms with E-state index in [1.807, 2.05) is 23.1 Å². The number of halogens is 1. The van der Waals surface area contributed by atoms with E-state index in [2.05, 4.69) is 44.2 Å². The Morgan fingerprint density at radius 3 is 2.50 bits per heavy atom. The van der Waals surface area contributed by atoms with Crippen LogP contribution < -0.4 is 4.74 Å². The van der Waals surface area contributed by atoms with Crippen LogP contribution in [0, 0.1) is 13.8 Å². The molecule has 0 aromatic heterocycles. The molecule has 2 heterocycles. The predicted octanol–water partition coefficient (Wildman–Crippen LogP) is 4.47. The summed E-state index contributed by atoms with van der Waals surface area (Å²) in [6.45, 7) is 5.83. The number of carbonyl (C=O) groups is 1. The monoisotopic (exact) mass is 399 g/mol. The van der Waals surface area contributed by atoms with Gasteiger partial charge in [0.15, 0.2) is 0 Å². The summed E-state index contributed by atoms with van der Waals surface area (Å²) in [5, 5.41) is 9.05.